The molecule has 0 aliphatic heterocycles. The van der Waals surface area contributed by atoms with Crippen molar-refractivity contribution in [2.24, 2.45) is 0 Å². The second-order valence-electron chi connectivity index (χ2n) is 5.13. The number of aromatic nitrogens is 2. The summed E-state index contributed by atoms with van der Waals surface area (Å²) in [6.07, 6.45) is 1.17. The molecule has 2 rings (SSSR count). The van der Waals surface area contributed by atoms with Crippen molar-refractivity contribution < 1.29 is 0 Å². The number of rotatable bonds is 5. The first-order valence-corrected chi connectivity index (χ1v) is 6.95. The van der Waals surface area contributed by atoms with Crippen LogP contribution in [0.2, 0.25) is 0 Å². The molecule has 0 aliphatic rings. The summed E-state index contributed by atoms with van der Waals surface area (Å²) < 4.78 is 2.01. The van der Waals surface area contributed by atoms with Gasteiger partial charge in [-0.3, -0.25) is 0 Å². The molecule has 102 valence electrons. The van der Waals surface area contributed by atoms with Crippen molar-refractivity contribution >= 4 is 0 Å². The molecule has 0 aliphatic carbocycles. The monoisotopic (exact) mass is 257 g/mol. The van der Waals surface area contributed by atoms with Crippen LogP contribution in [0.3, 0.4) is 0 Å². The molecule has 0 saturated heterocycles. The van der Waals surface area contributed by atoms with Gasteiger partial charge in [0.25, 0.3) is 0 Å². The average Bonchev–Trinajstić information content (AvgIpc) is 2.71. The average molecular weight is 257 g/mol. The van der Waals surface area contributed by atoms with Crippen LogP contribution in [0.15, 0.2) is 24.3 Å². The zero-order valence-corrected chi connectivity index (χ0v) is 12.3. The zero-order valence-electron chi connectivity index (χ0n) is 12.3. The van der Waals surface area contributed by atoms with Crippen molar-refractivity contribution in [2.45, 2.75) is 40.7 Å². The van der Waals surface area contributed by atoms with Crippen LogP contribution < -0.4 is 5.32 Å². The van der Waals surface area contributed by atoms with E-state index in [1.807, 2.05) is 11.6 Å². The summed E-state index contributed by atoms with van der Waals surface area (Å²) in [6.45, 7) is 10.5. The normalized spacial score (nSPS) is 10.9. The second-order valence-corrected chi connectivity index (χ2v) is 5.13. The summed E-state index contributed by atoms with van der Waals surface area (Å²) in [5, 5.41) is 7.97. The van der Waals surface area contributed by atoms with Crippen LogP contribution in [0.25, 0.3) is 5.69 Å². The lowest BCUT2D eigenvalue weighted by Gasteiger charge is -2.10. The van der Waals surface area contributed by atoms with Gasteiger partial charge < -0.3 is 5.32 Å². The Kier molecular flexibility index (Phi) is 4.38. The van der Waals surface area contributed by atoms with Gasteiger partial charge in [-0.05, 0) is 63.1 Å². The van der Waals surface area contributed by atoms with Crippen LogP contribution in [0.4, 0.5) is 0 Å². The van der Waals surface area contributed by atoms with Gasteiger partial charge in [-0.1, -0.05) is 13.0 Å². The van der Waals surface area contributed by atoms with Crippen molar-refractivity contribution in [2.75, 3.05) is 6.54 Å². The Morgan fingerprint density at radius 1 is 1.16 bits per heavy atom. The molecule has 0 unspecified atom stereocenters. The summed E-state index contributed by atoms with van der Waals surface area (Å²) in [5.41, 5.74) is 6.05. The summed E-state index contributed by atoms with van der Waals surface area (Å²) in [5.74, 6) is 0. The molecule has 2 aromatic rings. The lowest BCUT2D eigenvalue weighted by Crippen LogP contribution is -2.14. The quantitative estimate of drug-likeness (QED) is 0.833. The fourth-order valence-electron chi connectivity index (χ4n) is 2.30. The van der Waals surface area contributed by atoms with Crippen molar-refractivity contribution in [1.82, 2.24) is 15.1 Å². The predicted molar refractivity (Wildman–Crippen MR) is 79.8 cm³/mol. The van der Waals surface area contributed by atoms with E-state index in [-0.39, 0.29) is 0 Å². The van der Waals surface area contributed by atoms with Crippen molar-refractivity contribution in [3.63, 3.8) is 0 Å². The molecule has 1 N–H and O–H groups in total. The van der Waals surface area contributed by atoms with Crippen LogP contribution in [0, 0.1) is 20.8 Å². The topological polar surface area (TPSA) is 29.9 Å². The molecule has 3 nitrogen and oxygen atoms in total. The van der Waals surface area contributed by atoms with Crippen LogP contribution in [0.1, 0.15) is 35.9 Å². The molecule has 19 heavy (non-hydrogen) atoms. The number of nitrogens with zero attached hydrogens (tertiary/aromatic N) is 2. The largest absolute Gasteiger partial charge is 0.313 e. The fourth-order valence-corrected chi connectivity index (χ4v) is 2.30. The first kappa shape index (κ1) is 13.8. The molecule has 3 heteroatoms. The molecule has 1 heterocycles. The highest BCUT2D eigenvalue weighted by atomic mass is 15.3. The van der Waals surface area contributed by atoms with Gasteiger partial charge in [-0.2, -0.15) is 5.10 Å². The first-order valence-electron chi connectivity index (χ1n) is 6.95. The lowest BCUT2D eigenvalue weighted by atomic mass is 10.1. The highest BCUT2D eigenvalue weighted by Crippen LogP contribution is 2.16. The lowest BCUT2D eigenvalue weighted by molar-refractivity contribution is 0.673. The van der Waals surface area contributed by atoms with Crippen LogP contribution in [-0.2, 0) is 6.54 Å². The van der Waals surface area contributed by atoms with Crippen molar-refractivity contribution in [1.29, 1.82) is 0 Å². The highest BCUT2D eigenvalue weighted by molar-refractivity contribution is 5.40. The summed E-state index contributed by atoms with van der Waals surface area (Å²) in [7, 11) is 0. The van der Waals surface area contributed by atoms with E-state index in [0.717, 1.165) is 24.5 Å². The minimum absolute atomic E-state index is 0.942. The Bertz CT molecular complexity index is 555. The Morgan fingerprint density at radius 2 is 1.95 bits per heavy atom. The van der Waals surface area contributed by atoms with E-state index in [1.54, 1.807) is 0 Å². The number of aryl methyl sites for hydroxylation is 3. The molecule has 1 aromatic carbocycles. The SMILES string of the molecule is CCCNCc1ccc(-n2nc(C)cc2C)cc1C. The van der Waals surface area contributed by atoms with E-state index < -0.39 is 0 Å². The smallest absolute Gasteiger partial charge is 0.0651 e. The van der Waals surface area contributed by atoms with E-state index in [0.29, 0.717) is 0 Å². The van der Waals surface area contributed by atoms with Crippen molar-refractivity contribution in [3.05, 3.63) is 46.8 Å². The van der Waals surface area contributed by atoms with E-state index in [2.05, 4.69) is 55.5 Å². The standard InChI is InChI=1S/C16H23N3/c1-5-8-17-11-15-6-7-16(9-12(15)2)19-14(4)10-13(3)18-19/h6-7,9-10,17H,5,8,11H2,1-4H3. The summed E-state index contributed by atoms with van der Waals surface area (Å²) in [4.78, 5) is 0. The van der Waals surface area contributed by atoms with Crippen molar-refractivity contribution in [3.8, 4) is 5.69 Å². The molecule has 1 aromatic heterocycles. The Hall–Kier alpha value is -1.61. The first-order chi connectivity index (χ1) is 9.11. The van der Waals surface area contributed by atoms with Gasteiger partial charge in [-0.15, -0.1) is 0 Å². The molecule has 0 atom stereocenters. The maximum Gasteiger partial charge on any atom is 0.0651 e. The predicted octanol–water partition coefficient (Wildman–Crippen LogP) is 3.30. The Labute approximate surface area is 115 Å². The second kappa shape index (κ2) is 6.02. The molecule has 0 fully saturated rings. The summed E-state index contributed by atoms with van der Waals surface area (Å²) in [6, 6.07) is 8.66. The molecule has 0 saturated carbocycles. The van der Waals surface area contributed by atoms with E-state index in [4.69, 9.17) is 0 Å². The van der Waals surface area contributed by atoms with Gasteiger partial charge >= 0.3 is 0 Å². The van der Waals surface area contributed by atoms with Gasteiger partial charge in [0.05, 0.1) is 11.4 Å². The minimum Gasteiger partial charge on any atom is -0.313 e. The number of nitrogens with one attached hydrogen (secondary N) is 1. The van der Waals surface area contributed by atoms with Gasteiger partial charge in [-0.25, -0.2) is 4.68 Å². The minimum atomic E-state index is 0.942. The highest BCUT2D eigenvalue weighted by Gasteiger charge is 2.05. The van der Waals surface area contributed by atoms with Gasteiger partial charge in [0.2, 0.25) is 0 Å². The molecular weight excluding hydrogens is 234 g/mol. The van der Waals surface area contributed by atoms with Gasteiger partial charge in [0.1, 0.15) is 0 Å². The van der Waals surface area contributed by atoms with Gasteiger partial charge in [0.15, 0.2) is 0 Å². The third-order valence-corrected chi connectivity index (χ3v) is 3.32. The van der Waals surface area contributed by atoms with E-state index >= 15 is 0 Å². The maximum absolute atomic E-state index is 4.53. The third kappa shape index (κ3) is 3.24. The Morgan fingerprint density at radius 3 is 2.53 bits per heavy atom. The fraction of sp³-hybridized carbons (Fsp3) is 0.438. The van der Waals surface area contributed by atoms with Crippen LogP contribution in [-0.4, -0.2) is 16.3 Å². The maximum atomic E-state index is 4.53. The number of hydrogen-bond acceptors (Lipinski definition) is 2. The summed E-state index contributed by atoms with van der Waals surface area (Å²) >= 11 is 0. The van der Waals surface area contributed by atoms with Crippen LogP contribution >= 0.6 is 0 Å². The number of benzene rings is 1. The van der Waals surface area contributed by atoms with Gasteiger partial charge in [0, 0.05) is 12.2 Å². The van der Waals surface area contributed by atoms with E-state index in [9.17, 15) is 0 Å². The van der Waals surface area contributed by atoms with E-state index in [1.165, 1.54) is 23.2 Å². The molecular formula is C16H23N3. The van der Waals surface area contributed by atoms with Crippen LogP contribution in [0.5, 0.6) is 0 Å². The molecule has 0 amide bonds. The molecule has 0 spiro atoms. The third-order valence-electron chi connectivity index (χ3n) is 3.32. The molecule has 0 radical (unpaired) electrons. The number of hydrogen-bond donors (Lipinski definition) is 1. The Balaban J connectivity index is 2.21. The zero-order chi connectivity index (χ0) is 13.8. The molecule has 0 bridgehead atoms.